The minimum atomic E-state index is -4.43. The average Bonchev–Trinajstić information content (AvgIpc) is 2.79. The Bertz CT molecular complexity index is 590. The van der Waals surface area contributed by atoms with Crippen molar-refractivity contribution in [3.63, 3.8) is 0 Å². The van der Waals surface area contributed by atoms with E-state index in [1.807, 2.05) is 0 Å². The number of hydrogen-bond donors (Lipinski definition) is 1. The normalized spacial score (nSPS) is 29.4. The molecule has 1 spiro atoms. The summed E-state index contributed by atoms with van der Waals surface area (Å²) in [5.41, 5.74) is -0.928. The van der Waals surface area contributed by atoms with Crippen molar-refractivity contribution >= 4 is 11.7 Å². The quantitative estimate of drug-likeness (QED) is 0.866. The van der Waals surface area contributed by atoms with Crippen LogP contribution < -0.4 is 10.2 Å². The third-order valence-corrected chi connectivity index (χ3v) is 4.92. The van der Waals surface area contributed by atoms with Crippen LogP contribution in [0.1, 0.15) is 25.3 Å². The lowest BCUT2D eigenvalue weighted by Crippen LogP contribution is -2.45. The summed E-state index contributed by atoms with van der Waals surface area (Å²) in [6.07, 6.45) is -2.08. The van der Waals surface area contributed by atoms with Gasteiger partial charge >= 0.3 is 6.18 Å². The smallest absolute Gasteiger partial charge is 0.316 e. The summed E-state index contributed by atoms with van der Waals surface area (Å²) in [7, 11) is 0. The highest BCUT2D eigenvalue weighted by molar-refractivity contribution is 5.95. The monoisotopic (exact) mass is 313 g/mol. The van der Waals surface area contributed by atoms with Crippen LogP contribution >= 0.6 is 0 Å². The van der Waals surface area contributed by atoms with Crippen LogP contribution in [0.3, 0.4) is 0 Å². The van der Waals surface area contributed by atoms with Crippen LogP contribution in [0.25, 0.3) is 0 Å². The zero-order chi connectivity index (χ0) is 16.0. The molecule has 0 radical (unpaired) electrons. The zero-order valence-electron chi connectivity index (χ0n) is 12.3. The van der Waals surface area contributed by atoms with E-state index in [1.54, 1.807) is 0 Å². The van der Waals surface area contributed by atoms with Crippen LogP contribution in [0.4, 0.5) is 19.0 Å². The van der Waals surface area contributed by atoms with Crippen LogP contribution in [-0.4, -0.2) is 30.5 Å². The van der Waals surface area contributed by atoms with Gasteiger partial charge in [-0.25, -0.2) is 4.98 Å². The predicted molar refractivity (Wildman–Crippen MR) is 75.3 cm³/mol. The van der Waals surface area contributed by atoms with Crippen molar-refractivity contribution in [2.24, 2.45) is 11.3 Å². The summed E-state index contributed by atoms with van der Waals surface area (Å²) in [5, 5.41) is 3.29. The fraction of sp³-hybridized carbons (Fsp3) is 0.600. The average molecular weight is 313 g/mol. The first-order valence-corrected chi connectivity index (χ1v) is 7.36. The highest BCUT2D eigenvalue weighted by atomic mass is 19.4. The molecule has 2 unspecified atom stereocenters. The molecular formula is C15H18F3N3O. The third-order valence-electron chi connectivity index (χ3n) is 4.92. The van der Waals surface area contributed by atoms with Crippen molar-refractivity contribution in [3.8, 4) is 0 Å². The minimum absolute atomic E-state index is 0.0995. The van der Waals surface area contributed by atoms with E-state index in [4.69, 9.17) is 0 Å². The van der Waals surface area contributed by atoms with E-state index in [9.17, 15) is 18.0 Å². The number of amides is 1. The molecule has 2 aliphatic rings. The fourth-order valence-corrected chi connectivity index (χ4v) is 3.42. The van der Waals surface area contributed by atoms with Crippen molar-refractivity contribution in [1.82, 2.24) is 10.3 Å². The lowest BCUT2D eigenvalue weighted by atomic mass is 9.71. The highest BCUT2D eigenvalue weighted by Crippen LogP contribution is 2.44. The Morgan fingerprint density at radius 2 is 2.23 bits per heavy atom. The molecule has 0 aromatic carbocycles. The molecule has 1 N–H and O–H groups in total. The number of piperidine rings is 1. The molecule has 1 amide bonds. The number of anilines is 1. The molecule has 2 fully saturated rings. The molecule has 3 rings (SSSR count). The molecule has 2 atom stereocenters. The Morgan fingerprint density at radius 3 is 2.91 bits per heavy atom. The van der Waals surface area contributed by atoms with Crippen LogP contribution in [0.5, 0.6) is 0 Å². The number of alkyl halides is 3. The Morgan fingerprint density at radius 1 is 1.45 bits per heavy atom. The third kappa shape index (κ3) is 2.58. The molecule has 4 nitrogen and oxygen atoms in total. The van der Waals surface area contributed by atoms with Crippen molar-refractivity contribution < 1.29 is 18.0 Å². The Labute approximate surface area is 126 Å². The number of pyridine rings is 1. The lowest BCUT2D eigenvalue weighted by molar-refractivity contribution is -0.137. The van der Waals surface area contributed by atoms with Gasteiger partial charge in [-0.2, -0.15) is 13.2 Å². The first-order valence-electron chi connectivity index (χ1n) is 7.36. The van der Waals surface area contributed by atoms with Crippen molar-refractivity contribution in [1.29, 1.82) is 0 Å². The Hall–Kier alpha value is -1.63. The van der Waals surface area contributed by atoms with E-state index >= 15 is 0 Å². The SMILES string of the molecule is CC1CNCCC12CC(=O)N(c1cc(C(F)(F)F)ccn1)C2. The maximum Gasteiger partial charge on any atom is 0.416 e. The second-order valence-corrected chi connectivity index (χ2v) is 6.27. The molecule has 2 saturated heterocycles. The number of carbonyl (C=O) groups excluding carboxylic acids is 1. The number of hydrogen-bond acceptors (Lipinski definition) is 3. The topological polar surface area (TPSA) is 45.2 Å². The van der Waals surface area contributed by atoms with Gasteiger partial charge in [0.25, 0.3) is 0 Å². The first-order chi connectivity index (χ1) is 10.3. The molecular weight excluding hydrogens is 295 g/mol. The van der Waals surface area contributed by atoms with Gasteiger partial charge in [0, 0.05) is 24.6 Å². The van der Waals surface area contributed by atoms with Gasteiger partial charge in [0.05, 0.1) is 5.56 Å². The van der Waals surface area contributed by atoms with Gasteiger partial charge < -0.3 is 5.32 Å². The summed E-state index contributed by atoms with van der Waals surface area (Å²) < 4.78 is 38.5. The zero-order valence-corrected chi connectivity index (χ0v) is 12.3. The second-order valence-electron chi connectivity index (χ2n) is 6.27. The minimum Gasteiger partial charge on any atom is -0.316 e. The molecule has 1 aromatic heterocycles. The van der Waals surface area contributed by atoms with Gasteiger partial charge in [0.15, 0.2) is 0 Å². The summed E-state index contributed by atoms with van der Waals surface area (Å²) in [6.45, 7) is 4.20. The molecule has 3 heterocycles. The van der Waals surface area contributed by atoms with Crippen LogP contribution in [-0.2, 0) is 11.0 Å². The van der Waals surface area contributed by atoms with Crippen molar-refractivity contribution in [3.05, 3.63) is 23.9 Å². The number of carbonyl (C=O) groups is 1. The summed E-state index contributed by atoms with van der Waals surface area (Å²) >= 11 is 0. The molecule has 0 saturated carbocycles. The standard InChI is InChI=1S/C15H18F3N3O/c1-10-8-19-5-3-14(10)7-13(22)21(9-14)12-6-11(2-4-20-12)15(16,17)18/h2,4,6,10,19H,3,5,7-9H2,1H3. The molecule has 1 aromatic rings. The number of nitrogens with one attached hydrogen (secondary N) is 1. The van der Waals surface area contributed by atoms with Crippen LogP contribution in [0.15, 0.2) is 18.3 Å². The van der Waals surface area contributed by atoms with E-state index in [2.05, 4.69) is 17.2 Å². The van der Waals surface area contributed by atoms with Gasteiger partial charge in [-0.1, -0.05) is 6.92 Å². The summed E-state index contributed by atoms with van der Waals surface area (Å²) in [4.78, 5) is 17.7. The number of halogens is 3. The Kier molecular flexibility index (Phi) is 3.63. The number of rotatable bonds is 1. The van der Waals surface area contributed by atoms with Crippen molar-refractivity contribution in [2.75, 3.05) is 24.5 Å². The predicted octanol–water partition coefficient (Wildman–Crippen LogP) is 2.45. The fourth-order valence-electron chi connectivity index (χ4n) is 3.42. The first kappa shape index (κ1) is 15.3. The van der Waals surface area contributed by atoms with E-state index in [0.717, 1.165) is 37.8 Å². The van der Waals surface area contributed by atoms with E-state index in [1.165, 1.54) is 4.90 Å². The van der Waals surface area contributed by atoms with Gasteiger partial charge in [-0.3, -0.25) is 9.69 Å². The lowest BCUT2D eigenvalue weighted by Gasteiger charge is -2.39. The highest BCUT2D eigenvalue weighted by Gasteiger charge is 2.48. The molecule has 0 bridgehead atoms. The molecule has 120 valence electrons. The van der Waals surface area contributed by atoms with Crippen LogP contribution in [0, 0.1) is 11.3 Å². The molecule has 2 aliphatic heterocycles. The number of nitrogens with zero attached hydrogens (tertiary/aromatic N) is 2. The maximum absolute atomic E-state index is 12.8. The molecule has 7 heteroatoms. The van der Waals surface area contributed by atoms with E-state index < -0.39 is 11.7 Å². The van der Waals surface area contributed by atoms with Gasteiger partial charge in [0.1, 0.15) is 5.82 Å². The van der Waals surface area contributed by atoms with E-state index in [-0.39, 0.29) is 17.1 Å². The van der Waals surface area contributed by atoms with Gasteiger partial charge in [-0.05, 0) is 37.6 Å². The van der Waals surface area contributed by atoms with E-state index in [0.29, 0.717) is 18.9 Å². The Balaban J connectivity index is 1.88. The second kappa shape index (κ2) is 5.22. The van der Waals surface area contributed by atoms with Gasteiger partial charge in [0.2, 0.25) is 5.91 Å². The largest absolute Gasteiger partial charge is 0.416 e. The summed E-state index contributed by atoms with van der Waals surface area (Å²) in [6, 6.07) is 1.88. The number of aromatic nitrogens is 1. The van der Waals surface area contributed by atoms with Crippen LogP contribution in [0.2, 0.25) is 0 Å². The van der Waals surface area contributed by atoms with Gasteiger partial charge in [-0.15, -0.1) is 0 Å². The summed E-state index contributed by atoms with van der Waals surface area (Å²) in [5.74, 6) is 0.268. The van der Waals surface area contributed by atoms with Crippen molar-refractivity contribution in [2.45, 2.75) is 25.9 Å². The molecule has 22 heavy (non-hydrogen) atoms. The molecule has 0 aliphatic carbocycles. The maximum atomic E-state index is 12.8.